The zero-order valence-electron chi connectivity index (χ0n) is 13.8. The first-order chi connectivity index (χ1) is 12.8. The molecule has 0 radical (unpaired) electrons. The third kappa shape index (κ3) is 2.50. The van der Waals surface area contributed by atoms with Crippen molar-refractivity contribution in [2.75, 3.05) is 0 Å². The summed E-state index contributed by atoms with van der Waals surface area (Å²) < 4.78 is 0. The molecule has 5 heteroatoms. The van der Waals surface area contributed by atoms with Crippen molar-refractivity contribution in [3.05, 3.63) is 84.5 Å². The van der Waals surface area contributed by atoms with Crippen molar-refractivity contribution in [3.63, 3.8) is 0 Å². The topological polar surface area (TPSA) is 40.3 Å². The maximum atomic E-state index is 6.17. The largest absolute Gasteiger partial charge is 0.285 e. The fraction of sp³-hybridized carbons (Fsp3) is 0.0952. The predicted octanol–water partition coefficient (Wildman–Crippen LogP) is 4.24. The average Bonchev–Trinajstić information content (AvgIpc) is 3.06. The van der Waals surface area contributed by atoms with Crippen LogP contribution < -0.4 is 0 Å². The molecule has 0 aromatic heterocycles. The highest BCUT2D eigenvalue weighted by Crippen LogP contribution is 2.29. The normalized spacial score (nSPS) is 23.1. The number of nitrogens with zero attached hydrogens (tertiary/aromatic N) is 4. The van der Waals surface area contributed by atoms with Gasteiger partial charge >= 0.3 is 0 Å². The molecule has 0 N–H and O–H groups in total. The lowest BCUT2D eigenvalue weighted by Crippen LogP contribution is -2.44. The third-order valence-corrected chi connectivity index (χ3v) is 4.89. The number of fused-ring (bicyclic) bond motifs is 3. The molecule has 4 nitrogen and oxygen atoms in total. The summed E-state index contributed by atoms with van der Waals surface area (Å²) in [4.78, 5) is 15.6. The molecule has 1 aliphatic carbocycles. The van der Waals surface area contributed by atoms with E-state index in [0.717, 1.165) is 11.4 Å². The molecule has 3 aliphatic rings. The number of halogens is 1. The zero-order valence-corrected chi connectivity index (χ0v) is 14.6. The van der Waals surface area contributed by atoms with Crippen molar-refractivity contribution in [2.24, 2.45) is 15.0 Å². The van der Waals surface area contributed by atoms with E-state index in [9.17, 15) is 0 Å². The lowest BCUT2D eigenvalue weighted by molar-refractivity contribution is 0.511. The Bertz CT molecular complexity index is 1000. The number of hydrogen-bond donors (Lipinski definition) is 0. The molecule has 2 aliphatic heterocycles. The lowest BCUT2D eigenvalue weighted by atomic mass is 10.0. The average molecular weight is 359 g/mol. The molecule has 5 rings (SSSR count). The van der Waals surface area contributed by atoms with Crippen molar-refractivity contribution < 1.29 is 0 Å². The lowest BCUT2D eigenvalue weighted by Gasteiger charge is -2.30. The number of aliphatic imine (C=N–C) groups is 3. The number of guanidine groups is 1. The van der Waals surface area contributed by atoms with Gasteiger partial charge in [-0.1, -0.05) is 78.9 Å². The standard InChI is InChI=1S/C21H15ClN4/c22-20-24-19(26-18-9-5-4-8-17(18)23-21(26)25-20)16-12-10-15(11-13-16)14-6-2-1-3-7-14/h1-13,17-18H. The van der Waals surface area contributed by atoms with Crippen molar-refractivity contribution >= 4 is 28.7 Å². The maximum absolute atomic E-state index is 6.17. The summed E-state index contributed by atoms with van der Waals surface area (Å²) >= 11 is 6.17. The van der Waals surface area contributed by atoms with Crippen LogP contribution in [0.3, 0.4) is 0 Å². The molecule has 0 spiro atoms. The Morgan fingerprint density at radius 2 is 1.46 bits per heavy atom. The maximum Gasteiger partial charge on any atom is 0.230 e. The minimum Gasteiger partial charge on any atom is -0.285 e. The van der Waals surface area contributed by atoms with Crippen LogP contribution in [0.1, 0.15) is 5.56 Å². The van der Waals surface area contributed by atoms with Crippen LogP contribution in [0.15, 0.2) is 93.9 Å². The quantitative estimate of drug-likeness (QED) is 0.740. The van der Waals surface area contributed by atoms with Gasteiger partial charge < -0.3 is 0 Å². The van der Waals surface area contributed by atoms with E-state index in [-0.39, 0.29) is 17.4 Å². The Kier molecular flexibility index (Phi) is 3.57. The van der Waals surface area contributed by atoms with Gasteiger partial charge in [0.15, 0.2) is 0 Å². The molecular formula is C21H15ClN4. The van der Waals surface area contributed by atoms with Crippen molar-refractivity contribution in [2.45, 2.75) is 12.1 Å². The van der Waals surface area contributed by atoms with Crippen molar-refractivity contribution in [1.29, 1.82) is 0 Å². The van der Waals surface area contributed by atoms with E-state index in [1.165, 1.54) is 11.1 Å². The van der Waals surface area contributed by atoms with Gasteiger partial charge in [0.1, 0.15) is 5.84 Å². The monoisotopic (exact) mass is 358 g/mol. The van der Waals surface area contributed by atoms with E-state index in [4.69, 9.17) is 11.6 Å². The molecule has 2 aromatic carbocycles. The highest BCUT2D eigenvalue weighted by atomic mass is 35.5. The van der Waals surface area contributed by atoms with Gasteiger partial charge in [0.05, 0.1) is 12.1 Å². The molecule has 0 saturated carbocycles. The van der Waals surface area contributed by atoms with Crippen LogP contribution in [-0.2, 0) is 0 Å². The molecule has 2 atom stereocenters. The zero-order chi connectivity index (χ0) is 17.5. The predicted molar refractivity (Wildman–Crippen MR) is 107 cm³/mol. The summed E-state index contributed by atoms with van der Waals surface area (Å²) in [7, 11) is 0. The van der Waals surface area contributed by atoms with E-state index < -0.39 is 0 Å². The highest BCUT2D eigenvalue weighted by molar-refractivity contribution is 6.67. The van der Waals surface area contributed by atoms with Crippen LogP contribution in [0, 0.1) is 0 Å². The first-order valence-electron chi connectivity index (χ1n) is 8.50. The van der Waals surface area contributed by atoms with Crippen LogP contribution in [0.2, 0.25) is 0 Å². The van der Waals surface area contributed by atoms with Crippen LogP contribution in [-0.4, -0.2) is 34.1 Å². The van der Waals surface area contributed by atoms with Crippen molar-refractivity contribution in [3.8, 4) is 11.1 Å². The molecular weight excluding hydrogens is 344 g/mol. The Balaban J connectivity index is 1.53. The Morgan fingerprint density at radius 3 is 2.27 bits per heavy atom. The summed E-state index contributed by atoms with van der Waals surface area (Å²) in [5, 5.41) is 0.216. The van der Waals surface area contributed by atoms with Gasteiger partial charge in [0.25, 0.3) is 0 Å². The SMILES string of the molecule is ClC1=NC2=NC3C=CC=CC3N2C(c2ccc(-c3ccccc3)cc2)=N1. The van der Waals surface area contributed by atoms with Gasteiger partial charge in [0.2, 0.25) is 11.3 Å². The van der Waals surface area contributed by atoms with Gasteiger partial charge in [-0.3, -0.25) is 4.90 Å². The van der Waals surface area contributed by atoms with Crippen LogP contribution >= 0.6 is 11.6 Å². The molecule has 0 saturated heterocycles. The summed E-state index contributed by atoms with van der Waals surface area (Å²) in [6.07, 6.45) is 8.26. The van der Waals surface area contributed by atoms with Gasteiger partial charge in [-0.25, -0.2) is 4.99 Å². The molecule has 2 aromatic rings. The second-order valence-corrected chi connectivity index (χ2v) is 6.65. The molecule has 2 heterocycles. The molecule has 2 unspecified atom stereocenters. The van der Waals surface area contributed by atoms with Gasteiger partial charge in [-0.05, 0) is 22.7 Å². The smallest absolute Gasteiger partial charge is 0.230 e. The van der Waals surface area contributed by atoms with Gasteiger partial charge in [0, 0.05) is 5.56 Å². The molecule has 0 fully saturated rings. The van der Waals surface area contributed by atoms with E-state index in [1.807, 2.05) is 30.4 Å². The molecule has 0 bridgehead atoms. The summed E-state index contributed by atoms with van der Waals surface area (Å²) in [5.41, 5.74) is 3.35. The van der Waals surface area contributed by atoms with Crippen LogP contribution in [0.5, 0.6) is 0 Å². The Labute approximate surface area is 156 Å². The number of amidine groups is 2. The second-order valence-electron chi connectivity index (χ2n) is 6.31. The first-order valence-corrected chi connectivity index (χ1v) is 8.88. The summed E-state index contributed by atoms with van der Waals surface area (Å²) in [6.45, 7) is 0. The first kappa shape index (κ1) is 15.3. The molecule has 26 heavy (non-hydrogen) atoms. The number of rotatable bonds is 2. The van der Waals surface area contributed by atoms with Gasteiger partial charge in [-0.2, -0.15) is 9.98 Å². The van der Waals surface area contributed by atoms with E-state index in [1.54, 1.807) is 0 Å². The number of hydrogen-bond acceptors (Lipinski definition) is 4. The summed E-state index contributed by atoms with van der Waals surface area (Å²) in [6, 6.07) is 18.8. The minimum absolute atomic E-state index is 0.0510. The molecule has 126 valence electrons. The van der Waals surface area contributed by atoms with Crippen LogP contribution in [0.25, 0.3) is 11.1 Å². The minimum atomic E-state index is 0.0510. The Morgan fingerprint density at radius 1 is 0.769 bits per heavy atom. The third-order valence-electron chi connectivity index (χ3n) is 4.72. The van der Waals surface area contributed by atoms with E-state index in [2.05, 4.69) is 68.4 Å². The van der Waals surface area contributed by atoms with Crippen molar-refractivity contribution in [1.82, 2.24) is 4.90 Å². The second kappa shape index (κ2) is 6.07. The summed E-state index contributed by atoms with van der Waals surface area (Å²) in [5.74, 6) is 1.41. The Hall–Kier alpha value is -2.98. The fourth-order valence-corrected chi connectivity index (χ4v) is 3.64. The molecule has 0 amide bonds. The number of benzene rings is 2. The highest BCUT2D eigenvalue weighted by Gasteiger charge is 2.39. The number of allylic oxidation sites excluding steroid dienone is 2. The fourth-order valence-electron chi connectivity index (χ4n) is 3.48. The van der Waals surface area contributed by atoms with E-state index in [0.29, 0.717) is 5.96 Å². The van der Waals surface area contributed by atoms with E-state index >= 15 is 0 Å². The van der Waals surface area contributed by atoms with Gasteiger partial charge in [-0.15, -0.1) is 0 Å². The van der Waals surface area contributed by atoms with Crippen LogP contribution in [0.4, 0.5) is 0 Å².